The van der Waals surface area contributed by atoms with Gasteiger partial charge in [-0.15, -0.1) is 0 Å². The number of nitrogens with zero attached hydrogens (tertiary/aromatic N) is 5. The van der Waals surface area contributed by atoms with Crippen molar-refractivity contribution in [2.75, 3.05) is 67.7 Å². The Bertz CT molecular complexity index is 2790. The number of likely N-dealkylation sites (tertiary alicyclic amines) is 1. The average molecular weight is 917 g/mol. The van der Waals surface area contributed by atoms with Crippen molar-refractivity contribution in [3.05, 3.63) is 99.7 Å². The highest BCUT2D eigenvalue weighted by molar-refractivity contribution is 7.90. The van der Waals surface area contributed by atoms with Gasteiger partial charge >= 0.3 is 0 Å². The predicted octanol–water partition coefficient (Wildman–Crippen LogP) is 8.00. The molecule has 1 spiro atoms. The third kappa shape index (κ3) is 7.87. The molecule has 3 aromatic carbocycles. The van der Waals surface area contributed by atoms with Gasteiger partial charge in [0.1, 0.15) is 17.9 Å². The molecule has 3 saturated heterocycles. The molecule has 2 aromatic heterocycles. The van der Waals surface area contributed by atoms with E-state index in [1.54, 1.807) is 6.07 Å². The SMILES string of the molecule is Cc1ccccc1[C@@H]1CCCN1C1CC2(CCN(c3ccc(C(=O)NS(=O)(=O)c4cc5c(c([N+](=O)[O-])c4)N[C@H](C4CCOCC4)CO5)c(N4CCCOc5nc6[nH]ccc6cc54)c3)CC2)C1. The number of hydrogen-bond acceptors (Lipinski definition) is 13. The highest BCUT2D eigenvalue weighted by Gasteiger charge is 2.50. The number of carbonyl (C=O) groups excluding carboxylic acids is 1. The van der Waals surface area contributed by atoms with E-state index in [2.05, 4.69) is 56.0 Å². The number of carbonyl (C=O) groups is 1. The Balaban J connectivity index is 0.863. The Morgan fingerprint density at radius 1 is 0.924 bits per heavy atom. The van der Waals surface area contributed by atoms with E-state index in [1.165, 1.54) is 42.9 Å². The first kappa shape index (κ1) is 42.7. The topological polar surface area (TPSA) is 184 Å². The molecule has 1 saturated carbocycles. The lowest BCUT2D eigenvalue weighted by Crippen LogP contribution is -2.54. The fraction of sp³-hybridized carbons (Fsp3) is 0.469. The molecule has 5 aromatic rings. The number of anilines is 4. The first-order valence-corrected chi connectivity index (χ1v) is 25.0. The summed E-state index contributed by atoms with van der Waals surface area (Å²) in [6, 6.07) is 21.4. The molecule has 4 fully saturated rings. The van der Waals surface area contributed by atoms with Crippen molar-refractivity contribution in [2.45, 2.75) is 87.7 Å². The second-order valence-corrected chi connectivity index (χ2v) is 20.8. The van der Waals surface area contributed by atoms with Crippen molar-refractivity contribution >= 4 is 55.4 Å². The fourth-order valence-electron chi connectivity index (χ4n) is 11.6. The van der Waals surface area contributed by atoms with Crippen LogP contribution in [0.1, 0.15) is 85.3 Å². The number of hydrogen-bond donors (Lipinski definition) is 3. The van der Waals surface area contributed by atoms with Crippen molar-refractivity contribution in [1.29, 1.82) is 0 Å². The van der Waals surface area contributed by atoms with Gasteiger partial charge in [0.2, 0.25) is 5.88 Å². The lowest BCUT2D eigenvalue weighted by Gasteiger charge is -2.56. The zero-order chi connectivity index (χ0) is 45.2. The fourth-order valence-corrected chi connectivity index (χ4v) is 12.6. The van der Waals surface area contributed by atoms with Gasteiger partial charge in [0, 0.05) is 74.3 Å². The van der Waals surface area contributed by atoms with E-state index in [-0.39, 0.29) is 35.6 Å². The minimum atomic E-state index is -4.64. The number of nitrogens with one attached hydrogen (secondary N) is 3. The van der Waals surface area contributed by atoms with Crippen LogP contribution in [-0.4, -0.2) is 98.8 Å². The van der Waals surface area contributed by atoms with Crippen LogP contribution in [-0.2, 0) is 14.8 Å². The number of ether oxygens (including phenoxy) is 3. The highest BCUT2D eigenvalue weighted by Crippen LogP contribution is 2.54. The Kier molecular flexibility index (Phi) is 11.0. The summed E-state index contributed by atoms with van der Waals surface area (Å²) >= 11 is 0. The molecule has 17 heteroatoms. The van der Waals surface area contributed by atoms with Crippen molar-refractivity contribution in [2.24, 2.45) is 11.3 Å². The standard InChI is InChI=1S/C49H56N8O8S/c1-31-6-2-3-7-37(31)40-8-4-17-55(40)35-28-49(29-35)14-19-54(20-15-49)34-9-10-38(41(25-34)56-18-5-21-64-48-43(56)24-33-11-16-50-46(33)52-48)47(58)53-66(61,62)36-26-42(57(59)60)45-44(27-36)65-30-39(51-45)32-12-22-63-23-13-32/h2-3,6-7,9-11,16,24-27,32,35,39-40,51H,4-5,8,12-15,17-23,28-30H2,1H3,(H,50,52)(H,53,58)/t39-,40-/m0/s1. The summed E-state index contributed by atoms with van der Waals surface area (Å²) in [5.74, 6) is -0.245. The number of rotatable bonds is 9. The zero-order valence-electron chi connectivity index (χ0n) is 37.2. The Morgan fingerprint density at radius 2 is 1.74 bits per heavy atom. The number of nitro groups is 1. The van der Waals surface area contributed by atoms with Crippen LogP contribution in [0.2, 0.25) is 0 Å². The molecule has 0 unspecified atom stereocenters. The zero-order valence-corrected chi connectivity index (χ0v) is 38.0. The number of benzene rings is 3. The number of amides is 1. The maximum absolute atomic E-state index is 14.5. The van der Waals surface area contributed by atoms with Crippen molar-refractivity contribution in [1.82, 2.24) is 19.6 Å². The summed E-state index contributed by atoms with van der Waals surface area (Å²) in [7, 11) is -4.64. The molecular weight excluding hydrogens is 861 g/mol. The molecule has 1 amide bonds. The third-order valence-electron chi connectivity index (χ3n) is 15.3. The van der Waals surface area contributed by atoms with E-state index < -0.39 is 31.4 Å². The lowest BCUT2D eigenvalue weighted by molar-refractivity contribution is -0.384. The van der Waals surface area contributed by atoms with Gasteiger partial charge in [-0.2, -0.15) is 4.98 Å². The van der Waals surface area contributed by atoms with Gasteiger partial charge in [-0.3, -0.25) is 19.8 Å². The van der Waals surface area contributed by atoms with Crippen LogP contribution in [0.5, 0.6) is 11.6 Å². The maximum atomic E-state index is 14.5. The molecule has 16 nitrogen and oxygen atoms in total. The largest absolute Gasteiger partial charge is 0.489 e. The van der Waals surface area contributed by atoms with Crippen LogP contribution in [0.25, 0.3) is 11.0 Å². The summed E-state index contributed by atoms with van der Waals surface area (Å²) in [5.41, 5.74) is 5.72. The van der Waals surface area contributed by atoms with Gasteiger partial charge in [0.25, 0.3) is 21.6 Å². The number of H-pyrrole nitrogens is 1. The molecular formula is C49H56N8O8S. The minimum absolute atomic E-state index is 0.0401. The second-order valence-electron chi connectivity index (χ2n) is 19.1. The number of aryl methyl sites for hydroxylation is 1. The number of piperidine rings is 1. The van der Waals surface area contributed by atoms with Crippen LogP contribution in [0.15, 0.2) is 77.8 Å². The number of fused-ring (bicyclic) bond motifs is 3. The van der Waals surface area contributed by atoms with Crippen LogP contribution < -0.4 is 29.3 Å². The monoisotopic (exact) mass is 916 g/mol. The Morgan fingerprint density at radius 3 is 2.55 bits per heavy atom. The average Bonchev–Trinajstić information content (AvgIpc) is 3.95. The van der Waals surface area contributed by atoms with Gasteiger partial charge in [0.05, 0.1) is 33.7 Å². The smallest absolute Gasteiger partial charge is 0.297 e. The lowest BCUT2D eigenvalue weighted by atomic mass is 9.59. The van der Waals surface area contributed by atoms with E-state index in [0.717, 1.165) is 62.5 Å². The number of aromatic amines is 1. The quantitative estimate of drug-likeness (QED) is 0.0956. The van der Waals surface area contributed by atoms with Crippen LogP contribution in [0.3, 0.4) is 0 Å². The van der Waals surface area contributed by atoms with E-state index >= 15 is 0 Å². The van der Waals surface area contributed by atoms with Gasteiger partial charge < -0.3 is 34.3 Å². The molecule has 0 radical (unpaired) electrons. The molecule has 66 heavy (non-hydrogen) atoms. The molecule has 0 bridgehead atoms. The Labute approximate surface area is 384 Å². The maximum Gasteiger partial charge on any atom is 0.297 e. The number of sulfonamides is 1. The van der Waals surface area contributed by atoms with Gasteiger partial charge in [-0.25, -0.2) is 13.1 Å². The summed E-state index contributed by atoms with van der Waals surface area (Å²) in [5, 5.41) is 16.5. The van der Waals surface area contributed by atoms with Gasteiger partial charge in [0.15, 0.2) is 11.4 Å². The number of pyridine rings is 1. The summed E-state index contributed by atoms with van der Waals surface area (Å²) in [4.78, 5) is 40.9. The molecule has 6 aliphatic rings. The molecule has 346 valence electrons. The van der Waals surface area contributed by atoms with Gasteiger partial charge in [-0.1, -0.05) is 24.3 Å². The molecule has 2 atom stereocenters. The van der Waals surface area contributed by atoms with Crippen molar-refractivity contribution in [3.63, 3.8) is 0 Å². The Hall–Kier alpha value is -5.91. The molecule has 1 aliphatic carbocycles. The van der Waals surface area contributed by atoms with E-state index in [0.29, 0.717) is 73.2 Å². The highest BCUT2D eigenvalue weighted by atomic mass is 32.2. The van der Waals surface area contributed by atoms with Crippen LogP contribution in [0, 0.1) is 28.4 Å². The number of nitro benzene ring substituents is 1. The van der Waals surface area contributed by atoms with Gasteiger partial charge in [-0.05, 0) is 124 Å². The first-order chi connectivity index (χ1) is 32.0. The molecule has 11 rings (SSSR count). The van der Waals surface area contributed by atoms with E-state index in [1.807, 2.05) is 35.4 Å². The van der Waals surface area contributed by atoms with Crippen LogP contribution in [0.4, 0.5) is 28.4 Å². The first-order valence-electron chi connectivity index (χ1n) is 23.5. The van der Waals surface area contributed by atoms with E-state index in [4.69, 9.17) is 19.2 Å². The molecule has 5 aliphatic heterocycles. The third-order valence-corrected chi connectivity index (χ3v) is 16.6. The normalized spacial score (nSPS) is 22.4. The minimum Gasteiger partial charge on any atom is -0.489 e. The van der Waals surface area contributed by atoms with E-state index in [9.17, 15) is 23.3 Å². The van der Waals surface area contributed by atoms with Crippen molar-refractivity contribution in [3.8, 4) is 11.6 Å². The summed E-state index contributed by atoms with van der Waals surface area (Å²) < 4.78 is 48.2. The summed E-state index contributed by atoms with van der Waals surface area (Å²) in [6.45, 7) is 7.39. The number of aromatic nitrogens is 2. The second kappa shape index (κ2) is 17.1. The van der Waals surface area contributed by atoms with Crippen LogP contribution >= 0.6 is 0 Å². The van der Waals surface area contributed by atoms with Crippen molar-refractivity contribution < 1.29 is 32.3 Å². The molecule has 3 N–H and O–H groups in total. The summed E-state index contributed by atoms with van der Waals surface area (Å²) in [6.07, 6.45) is 11.0. The molecule has 7 heterocycles. The predicted molar refractivity (Wildman–Crippen MR) is 251 cm³/mol.